The Morgan fingerprint density at radius 2 is 0.453 bits per heavy atom. The fraction of sp³-hybridized carbons (Fsp3) is 0. The molecule has 9 aromatic heterocycles. The quantitative estimate of drug-likeness (QED) is 0.101. The third-order valence-corrected chi connectivity index (χ3v) is 32.3. The Hall–Kier alpha value is -19.1. The van der Waals surface area contributed by atoms with Gasteiger partial charge in [-0.15, -0.1) is 34.0 Å². The molecule has 0 atom stereocenters. The van der Waals surface area contributed by atoms with Gasteiger partial charge in [0.1, 0.15) is 11.2 Å². The van der Waals surface area contributed by atoms with Gasteiger partial charge in [-0.3, -0.25) is 0 Å². The summed E-state index contributed by atoms with van der Waals surface area (Å²) in [6.45, 7) is 0. The van der Waals surface area contributed by atoms with Crippen LogP contribution in [0.2, 0.25) is 0 Å². The molecule has 0 aliphatic heterocycles. The maximum absolute atomic E-state index is 6.50. The molecule has 0 spiro atoms. The van der Waals surface area contributed by atoms with Crippen LogP contribution < -0.4 is 0 Å². The third kappa shape index (κ3) is 16.1. The number of para-hydroxylation sites is 5. The van der Waals surface area contributed by atoms with Gasteiger partial charge in [-0.1, -0.05) is 419 Å². The van der Waals surface area contributed by atoms with E-state index in [9.17, 15) is 0 Å². The predicted octanol–water partition coefficient (Wildman–Crippen LogP) is 38.3. The smallest absolute Gasteiger partial charge is 0.160 e. The zero-order chi connectivity index (χ0) is 99.1. The third-order valence-electron chi connectivity index (χ3n) is 28.8. The van der Waals surface area contributed by atoms with Gasteiger partial charge in [-0.25, -0.2) is 29.9 Å². The van der Waals surface area contributed by atoms with Gasteiger partial charge < -0.3 is 13.6 Å². The minimum atomic E-state index is 0.693. The number of fused-ring (bicyclic) bond motifs is 18. The number of hydrogen-bond acceptors (Lipinski definition) is 10. The molecule has 150 heavy (non-hydrogen) atoms. The van der Waals surface area contributed by atoms with Crippen molar-refractivity contribution in [3.05, 3.63) is 522 Å². The largest absolute Gasteiger partial charge is 0.455 e. The van der Waals surface area contributed by atoms with E-state index in [0.29, 0.717) is 5.82 Å². The number of hydrogen-bond donors (Lipinski definition) is 0. The first-order valence-electron chi connectivity index (χ1n) is 50.4. The Morgan fingerprint density at radius 3 is 0.940 bits per heavy atom. The zero-order valence-electron chi connectivity index (χ0n) is 80.9. The second-order valence-electron chi connectivity index (χ2n) is 37.8. The van der Waals surface area contributed by atoms with Crippen molar-refractivity contribution in [2.45, 2.75) is 0 Å². The normalized spacial score (nSPS) is 11.6. The average molecular weight is 1970 g/mol. The molecule has 9 heterocycles. The monoisotopic (exact) mass is 1970 g/mol. The predicted molar refractivity (Wildman–Crippen MR) is 631 cm³/mol. The minimum absolute atomic E-state index is 0.693. The van der Waals surface area contributed by atoms with E-state index in [-0.39, 0.29) is 0 Å². The van der Waals surface area contributed by atoms with Crippen molar-refractivity contribution >= 4 is 160 Å². The number of thiophene rings is 3. The maximum Gasteiger partial charge on any atom is 0.160 e. The van der Waals surface area contributed by atoms with Crippen molar-refractivity contribution in [1.82, 2.24) is 39.0 Å². The summed E-state index contributed by atoms with van der Waals surface area (Å²) in [6.07, 6.45) is 0. The van der Waals surface area contributed by atoms with Gasteiger partial charge in [0.15, 0.2) is 17.5 Å². The molecule has 30 aromatic rings. The highest BCUT2D eigenvalue weighted by molar-refractivity contribution is 7.27. The average Bonchev–Trinajstić information content (AvgIpc) is 1.57. The standard InChI is InChI=1S/C52H33N3S.C46H28N2OS.C40H25N3S/c1-3-14-34(15-4-1)36-28-30-37(31-29-36)49-51-50(44-23-8-10-27-47(44)56-51)54-52(53-49)40-20-11-19-39(32-40)42-24-13-26-46-48(42)43-22-7-9-25-45(43)55(46)41-21-12-18-38(33-41)35-16-5-2-6-17-35;1-2-11-29(12-3-1)30-23-25-31(26-24-30)32-13-8-14-33(27-32)34-15-9-16-35(28-34)46-47-42-38-18-5-7-22-41(38)50-45(42)43(48-46)39-20-10-19-37-36-17-4-6-21-40(36)49-44(37)39;1-2-12-26(13-3-1)37-39-38(33-20-6-9-23-36(33)44-39)42-40(41-37)29-16-10-14-27(24-29)28-15-11-17-30(25-28)43-34-21-7-4-18-31(34)32-19-5-8-22-35(32)43/h1-33H;1-28H;1-25H. The Balaban J connectivity index is 0.000000109. The van der Waals surface area contributed by atoms with Gasteiger partial charge in [-0.05, 0) is 181 Å². The lowest BCUT2D eigenvalue weighted by atomic mass is 9.96. The molecule has 12 heteroatoms. The molecule has 30 rings (SSSR count). The summed E-state index contributed by atoms with van der Waals surface area (Å²) in [5.41, 5.74) is 37.1. The molecular weight excluding hydrogens is 1880 g/mol. The molecule has 0 amide bonds. The summed E-state index contributed by atoms with van der Waals surface area (Å²) in [6, 6.07) is 185. The van der Waals surface area contributed by atoms with E-state index in [0.717, 1.165) is 165 Å². The molecule has 0 aliphatic carbocycles. The van der Waals surface area contributed by atoms with Crippen molar-refractivity contribution in [3.8, 4) is 157 Å². The Morgan fingerprint density at radius 1 is 0.173 bits per heavy atom. The first kappa shape index (κ1) is 88.6. The van der Waals surface area contributed by atoms with E-state index < -0.39 is 0 Å². The summed E-state index contributed by atoms with van der Waals surface area (Å²) in [5, 5.41) is 10.6. The Bertz CT molecular complexity index is 10400. The van der Waals surface area contributed by atoms with Gasteiger partial charge in [0.2, 0.25) is 0 Å². The number of furan rings is 1. The first-order chi connectivity index (χ1) is 74.3. The molecule has 0 bridgehead atoms. The van der Waals surface area contributed by atoms with Crippen LogP contribution in [-0.4, -0.2) is 39.0 Å². The topological polar surface area (TPSA) is 100 Å². The Kier molecular flexibility index (Phi) is 22.3. The molecule has 0 fully saturated rings. The van der Waals surface area contributed by atoms with Crippen LogP contribution in [0.3, 0.4) is 0 Å². The molecule has 0 radical (unpaired) electrons. The molecule has 9 nitrogen and oxygen atoms in total. The summed E-state index contributed by atoms with van der Waals surface area (Å²) in [4.78, 5) is 31.6. The number of nitrogens with zero attached hydrogens (tertiary/aromatic N) is 8. The lowest BCUT2D eigenvalue weighted by Crippen LogP contribution is -1.95. The summed E-state index contributed by atoms with van der Waals surface area (Å²) >= 11 is 5.26. The van der Waals surface area contributed by atoms with E-state index >= 15 is 0 Å². The highest BCUT2D eigenvalue weighted by atomic mass is 32.1. The van der Waals surface area contributed by atoms with Crippen LogP contribution in [-0.2, 0) is 0 Å². The van der Waals surface area contributed by atoms with Crippen molar-refractivity contribution < 1.29 is 4.42 Å². The molecular formula is C138H86N8OS3. The van der Waals surface area contributed by atoms with Crippen molar-refractivity contribution in [1.29, 1.82) is 0 Å². The molecule has 0 N–H and O–H groups in total. The molecule has 0 unspecified atom stereocenters. The lowest BCUT2D eigenvalue weighted by molar-refractivity contribution is 0.670. The van der Waals surface area contributed by atoms with Gasteiger partial charge in [0.25, 0.3) is 0 Å². The zero-order valence-corrected chi connectivity index (χ0v) is 83.3. The van der Waals surface area contributed by atoms with Crippen molar-refractivity contribution in [3.63, 3.8) is 0 Å². The van der Waals surface area contributed by atoms with Crippen LogP contribution in [0.15, 0.2) is 526 Å². The minimum Gasteiger partial charge on any atom is -0.455 e. The second-order valence-corrected chi connectivity index (χ2v) is 40.9. The lowest BCUT2D eigenvalue weighted by Gasteiger charge is -2.12. The highest BCUT2D eigenvalue weighted by Crippen LogP contribution is 2.49. The fourth-order valence-electron chi connectivity index (χ4n) is 21.6. The van der Waals surface area contributed by atoms with Gasteiger partial charge in [0.05, 0.1) is 69.8 Å². The van der Waals surface area contributed by atoms with Crippen LogP contribution in [0.1, 0.15) is 0 Å². The van der Waals surface area contributed by atoms with E-state index in [1.807, 2.05) is 18.2 Å². The maximum atomic E-state index is 6.50. The molecule has 21 aromatic carbocycles. The van der Waals surface area contributed by atoms with Gasteiger partial charge >= 0.3 is 0 Å². The van der Waals surface area contributed by atoms with Crippen LogP contribution in [0.4, 0.5) is 0 Å². The van der Waals surface area contributed by atoms with Crippen LogP contribution in [0.5, 0.6) is 0 Å². The first-order valence-corrected chi connectivity index (χ1v) is 52.9. The SMILES string of the molecule is c1ccc(-c2ccc(-c3cccc(-c4cccc(-c5nc(-c6cccc7c6oc6ccccc67)c6sc7ccccc7c6n5)c4)c3)cc2)cc1.c1ccc(-c2ccc(-c3nc(-c4cccc(-c5cccc6c5c5ccccc5n6-c5cccc(-c6ccccc6)c5)c4)nc4c3sc3ccccc34)cc2)cc1.c1ccc(-c2nc(-c3cccc(-c4cccc(-n5c6ccccc6c6ccccc65)c4)c3)nc3c2sc2ccccc23)cc1. The van der Waals surface area contributed by atoms with Crippen molar-refractivity contribution in [2.75, 3.05) is 0 Å². The number of benzene rings is 21. The van der Waals surface area contributed by atoms with Crippen LogP contribution in [0.25, 0.3) is 284 Å². The summed E-state index contributed by atoms with van der Waals surface area (Å²) < 4.78 is 18.2. The summed E-state index contributed by atoms with van der Waals surface area (Å²) in [7, 11) is 0. The summed E-state index contributed by atoms with van der Waals surface area (Å²) in [5.74, 6) is 2.15. The second kappa shape index (κ2) is 37.8. The van der Waals surface area contributed by atoms with E-state index in [4.69, 9.17) is 34.3 Å². The van der Waals surface area contributed by atoms with E-state index in [1.165, 1.54) is 113 Å². The van der Waals surface area contributed by atoms with E-state index in [1.54, 1.807) is 34.0 Å². The van der Waals surface area contributed by atoms with E-state index in [2.05, 4.69) is 513 Å². The molecule has 0 saturated carbocycles. The number of aromatic nitrogens is 8. The van der Waals surface area contributed by atoms with Gasteiger partial charge in [-0.2, -0.15) is 0 Å². The molecule has 702 valence electrons. The highest BCUT2D eigenvalue weighted by Gasteiger charge is 2.26. The fourth-order valence-corrected chi connectivity index (χ4v) is 25.1. The van der Waals surface area contributed by atoms with Crippen LogP contribution in [0, 0.1) is 0 Å². The number of rotatable bonds is 15. The molecule has 0 aliphatic rings. The molecule has 0 saturated heterocycles. The van der Waals surface area contributed by atoms with Crippen LogP contribution >= 0.6 is 34.0 Å². The van der Waals surface area contributed by atoms with Crippen molar-refractivity contribution in [2.24, 2.45) is 0 Å². The van der Waals surface area contributed by atoms with Gasteiger partial charge in [0, 0.05) is 107 Å². The Labute approximate surface area is 875 Å².